The highest BCUT2D eigenvalue weighted by Gasteiger charge is 2.53. The molecular formula is C46H52. The fourth-order valence-electron chi connectivity index (χ4n) is 10.7. The number of hydrogen-bond acceptors (Lipinski definition) is 0. The van der Waals surface area contributed by atoms with Crippen molar-refractivity contribution in [3.05, 3.63) is 117 Å². The number of benzene rings is 4. The van der Waals surface area contributed by atoms with Gasteiger partial charge in [0.2, 0.25) is 0 Å². The van der Waals surface area contributed by atoms with E-state index in [2.05, 4.69) is 136 Å². The molecule has 4 aliphatic rings. The molecular weight excluding hydrogens is 553 g/mol. The maximum Gasteiger partial charge on any atom is 0.0264 e. The Hall–Kier alpha value is -3.38. The van der Waals surface area contributed by atoms with Crippen molar-refractivity contribution in [3.63, 3.8) is 0 Å². The summed E-state index contributed by atoms with van der Waals surface area (Å²) in [4.78, 5) is 0. The number of allylic oxidation sites excluding steroid dienone is 4. The van der Waals surface area contributed by atoms with Gasteiger partial charge in [0.15, 0.2) is 0 Å². The van der Waals surface area contributed by atoms with Gasteiger partial charge in [0.1, 0.15) is 0 Å². The van der Waals surface area contributed by atoms with E-state index in [1.54, 1.807) is 44.5 Å². The SMILES string of the molecule is CC(C)C1=C(C(C)C)C(C(C)C)CC2(C1)c1ccc3c(c1-c1ccc4cc(C(C)C)ccc4c12)C1=C(c2ccccc2C1)C3(C)C. The summed E-state index contributed by atoms with van der Waals surface area (Å²) in [5.74, 6) is 2.82. The predicted octanol–water partition coefficient (Wildman–Crippen LogP) is 12.7. The van der Waals surface area contributed by atoms with Crippen LogP contribution in [0.2, 0.25) is 0 Å². The zero-order valence-corrected chi connectivity index (χ0v) is 29.9. The van der Waals surface area contributed by atoms with E-state index < -0.39 is 0 Å². The molecule has 236 valence electrons. The monoisotopic (exact) mass is 604 g/mol. The third-order valence-electron chi connectivity index (χ3n) is 12.7. The summed E-state index contributed by atoms with van der Waals surface area (Å²) < 4.78 is 0. The average Bonchev–Trinajstić information content (AvgIpc) is 3.61. The van der Waals surface area contributed by atoms with Crippen LogP contribution in [-0.4, -0.2) is 0 Å². The van der Waals surface area contributed by atoms with Crippen LogP contribution in [0.5, 0.6) is 0 Å². The smallest absolute Gasteiger partial charge is 0.0264 e. The Morgan fingerprint density at radius 1 is 0.696 bits per heavy atom. The van der Waals surface area contributed by atoms with Gasteiger partial charge in [-0.2, -0.15) is 0 Å². The fraction of sp³-hybridized carbons (Fsp3) is 0.435. The van der Waals surface area contributed by atoms with Crippen LogP contribution in [0.3, 0.4) is 0 Å². The van der Waals surface area contributed by atoms with Gasteiger partial charge in [0.25, 0.3) is 0 Å². The second-order valence-corrected chi connectivity index (χ2v) is 17.0. The number of fused-ring (bicyclic) bond motifs is 12. The first-order chi connectivity index (χ1) is 21.9. The minimum Gasteiger partial charge on any atom is -0.0667 e. The standard InChI is InChI=1S/C46H52/c1-25(2)29-15-17-33-31(21-29)16-18-34-41-39(46(44(33)34)23-36(26(3)4)40(28(7)8)37(24-46)27(5)6)20-19-38-42(41)35-22-30-13-11-12-14-32(30)43(35)45(38,9)10/h11-21,25-28,36H,22-24H2,1-10H3. The lowest BCUT2D eigenvalue weighted by Crippen LogP contribution is -2.38. The Kier molecular flexibility index (Phi) is 6.56. The van der Waals surface area contributed by atoms with E-state index >= 15 is 0 Å². The lowest BCUT2D eigenvalue weighted by atomic mass is 9.57. The first-order valence-electron chi connectivity index (χ1n) is 18.2. The summed E-state index contributed by atoms with van der Waals surface area (Å²) in [5.41, 5.74) is 20.4. The second-order valence-electron chi connectivity index (χ2n) is 17.0. The maximum absolute atomic E-state index is 2.61. The first kappa shape index (κ1) is 30.0. The van der Waals surface area contributed by atoms with Crippen molar-refractivity contribution in [2.75, 3.05) is 0 Å². The largest absolute Gasteiger partial charge is 0.0667 e. The van der Waals surface area contributed by atoms with E-state index in [0.717, 1.165) is 12.8 Å². The third kappa shape index (κ3) is 3.85. The quantitative estimate of drug-likeness (QED) is 0.203. The van der Waals surface area contributed by atoms with Gasteiger partial charge in [-0.25, -0.2) is 0 Å². The molecule has 0 fully saturated rings. The molecule has 46 heavy (non-hydrogen) atoms. The van der Waals surface area contributed by atoms with Gasteiger partial charge in [0, 0.05) is 10.8 Å². The molecule has 0 bridgehead atoms. The molecule has 4 aromatic carbocycles. The maximum atomic E-state index is 2.61. The van der Waals surface area contributed by atoms with Crippen LogP contribution in [0.25, 0.3) is 33.0 Å². The van der Waals surface area contributed by atoms with Crippen LogP contribution in [0.15, 0.2) is 77.9 Å². The van der Waals surface area contributed by atoms with Gasteiger partial charge in [0.05, 0.1) is 0 Å². The lowest BCUT2D eigenvalue weighted by molar-refractivity contribution is 0.277. The Morgan fingerprint density at radius 2 is 1.43 bits per heavy atom. The molecule has 0 heterocycles. The number of rotatable bonds is 4. The Bertz CT molecular complexity index is 2000. The van der Waals surface area contributed by atoms with E-state index in [9.17, 15) is 0 Å². The predicted molar refractivity (Wildman–Crippen MR) is 199 cm³/mol. The highest BCUT2D eigenvalue weighted by molar-refractivity contribution is 6.11. The van der Waals surface area contributed by atoms with Crippen molar-refractivity contribution < 1.29 is 0 Å². The van der Waals surface area contributed by atoms with Crippen LogP contribution in [0, 0.1) is 23.7 Å². The summed E-state index contributed by atoms with van der Waals surface area (Å²) in [6.45, 7) is 24.4. The van der Waals surface area contributed by atoms with Gasteiger partial charge in [-0.05, 0) is 121 Å². The first-order valence-corrected chi connectivity index (χ1v) is 18.2. The van der Waals surface area contributed by atoms with Crippen molar-refractivity contribution in [1.82, 2.24) is 0 Å². The van der Waals surface area contributed by atoms with Gasteiger partial charge >= 0.3 is 0 Å². The van der Waals surface area contributed by atoms with Crippen LogP contribution < -0.4 is 0 Å². The van der Waals surface area contributed by atoms with Crippen molar-refractivity contribution in [2.45, 2.75) is 105 Å². The molecule has 0 N–H and O–H groups in total. The molecule has 1 spiro atoms. The molecule has 0 saturated carbocycles. The van der Waals surface area contributed by atoms with Gasteiger partial charge in [-0.3, -0.25) is 0 Å². The van der Waals surface area contributed by atoms with E-state index in [4.69, 9.17) is 0 Å². The van der Waals surface area contributed by atoms with Crippen molar-refractivity contribution in [3.8, 4) is 11.1 Å². The number of hydrogen-bond donors (Lipinski definition) is 0. The zero-order valence-electron chi connectivity index (χ0n) is 29.9. The molecule has 0 radical (unpaired) electrons. The molecule has 4 aromatic rings. The zero-order chi connectivity index (χ0) is 32.4. The molecule has 0 aromatic heterocycles. The molecule has 0 saturated heterocycles. The van der Waals surface area contributed by atoms with Gasteiger partial charge in [-0.1, -0.05) is 147 Å². The van der Waals surface area contributed by atoms with Gasteiger partial charge < -0.3 is 0 Å². The molecule has 0 nitrogen and oxygen atoms in total. The molecule has 4 aliphatic carbocycles. The fourth-order valence-corrected chi connectivity index (χ4v) is 10.7. The van der Waals surface area contributed by atoms with E-state index in [-0.39, 0.29) is 10.8 Å². The van der Waals surface area contributed by atoms with Gasteiger partial charge in [-0.15, -0.1) is 0 Å². The van der Waals surface area contributed by atoms with Crippen molar-refractivity contribution >= 4 is 21.9 Å². The molecule has 0 amide bonds. The summed E-state index contributed by atoms with van der Waals surface area (Å²) in [5, 5.41) is 2.89. The van der Waals surface area contributed by atoms with E-state index in [1.165, 1.54) is 45.0 Å². The molecule has 0 aliphatic heterocycles. The summed E-state index contributed by atoms with van der Waals surface area (Å²) >= 11 is 0. The van der Waals surface area contributed by atoms with E-state index in [1.807, 2.05) is 0 Å². The Morgan fingerprint density at radius 3 is 2.13 bits per heavy atom. The minimum absolute atomic E-state index is 0.00787. The highest BCUT2D eigenvalue weighted by atomic mass is 14.6. The second kappa shape index (κ2) is 10.1. The molecule has 8 rings (SSSR count). The minimum atomic E-state index is -0.0234. The molecule has 2 atom stereocenters. The highest BCUT2D eigenvalue weighted by Crippen LogP contribution is 2.66. The van der Waals surface area contributed by atoms with E-state index in [0.29, 0.717) is 29.6 Å². The van der Waals surface area contributed by atoms with Crippen LogP contribution in [0.4, 0.5) is 0 Å². The summed E-state index contributed by atoms with van der Waals surface area (Å²) in [7, 11) is 0. The van der Waals surface area contributed by atoms with Crippen molar-refractivity contribution in [1.29, 1.82) is 0 Å². The summed E-state index contributed by atoms with van der Waals surface area (Å²) in [6.07, 6.45) is 3.39. The lowest BCUT2D eigenvalue weighted by Gasteiger charge is -2.47. The van der Waals surface area contributed by atoms with Crippen molar-refractivity contribution in [2.24, 2.45) is 23.7 Å². The third-order valence-corrected chi connectivity index (χ3v) is 12.7. The van der Waals surface area contributed by atoms with Crippen LogP contribution >= 0.6 is 0 Å². The average molecular weight is 605 g/mol. The molecule has 0 heteroatoms. The summed E-state index contributed by atoms with van der Waals surface area (Å²) in [6, 6.07) is 26.8. The Balaban J connectivity index is 1.48. The Labute approximate surface area is 278 Å². The molecule has 2 unspecified atom stereocenters. The normalized spacial score (nSPS) is 22.5. The topological polar surface area (TPSA) is 0 Å². The van der Waals surface area contributed by atoms with Crippen LogP contribution in [0.1, 0.15) is 127 Å². The van der Waals surface area contributed by atoms with Crippen LogP contribution in [-0.2, 0) is 17.3 Å².